The van der Waals surface area contributed by atoms with E-state index in [0.29, 0.717) is 0 Å². The summed E-state index contributed by atoms with van der Waals surface area (Å²) in [6.07, 6.45) is 1.72. The summed E-state index contributed by atoms with van der Waals surface area (Å²) in [4.78, 5) is 0. The van der Waals surface area contributed by atoms with Gasteiger partial charge in [0, 0.05) is 12.1 Å². The van der Waals surface area contributed by atoms with Crippen molar-refractivity contribution in [2.24, 2.45) is 0 Å². The first-order valence-corrected chi connectivity index (χ1v) is 13.5. The highest BCUT2D eigenvalue weighted by Gasteiger charge is 2.29. The quantitative estimate of drug-likeness (QED) is 0.180. The molecule has 0 unspecified atom stereocenters. The van der Waals surface area contributed by atoms with Gasteiger partial charge in [-0.05, 0) is 48.9 Å². The van der Waals surface area contributed by atoms with Crippen LogP contribution in [0.4, 0.5) is 0 Å². The van der Waals surface area contributed by atoms with Crippen molar-refractivity contribution >= 4 is 0 Å². The van der Waals surface area contributed by atoms with Crippen LogP contribution in [0.1, 0.15) is 61.0 Å². The van der Waals surface area contributed by atoms with E-state index in [0.717, 1.165) is 24.0 Å². The minimum absolute atomic E-state index is 0.0584. The maximum atomic E-state index is 4.31. The molecule has 2 N–H and O–H groups in total. The Hall–Kier alpha value is -3.72. The van der Waals surface area contributed by atoms with Crippen LogP contribution in [0.2, 0.25) is 0 Å². The molecule has 0 saturated carbocycles. The minimum atomic E-state index is 0.0584. The van der Waals surface area contributed by atoms with Crippen molar-refractivity contribution < 1.29 is 0 Å². The average Bonchev–Trinajstić information content (AvgIpc) is 2.95. The first-order valence-electron chi connectivity index (χ1n) is 13.5. The van der Waals surface area contributed by atoms with Crippen molar-refractivity contribution in [2.45, 2.75) is 50.9 Å². The molecule has 2 atom stereocenters. The zero-order valence-corrected chi connectivity index (χ0v) is 22.7. The van der Waals surface area contributed by atoms with Crippen molar-refractivity contribution in [1.82, 2.24) is 10.6 Å². The Labute approximate surface area is 229 Å². The van der Waals surface area contributed by atoms with Crippen LogP contribution in [0.15, 0.2) is 146 Å². The molecule has 0 aromatic heterocycles. The van der Waals surface area contributed by atoms with Crippen molar-refractivity contribution in [3.8, 4) is 0 Å². The van der Waals surface area contributed by atoms with Gasteiger partial charge in [-0.3, -0.25) is 0 Å². The van der Waals surface area contributed by atoms with Gasteiger partial charge in [-0.1, -0.05) is 132 Å². The number of hydrogen-bond acceptors (Lipinski definition) is 2. The highest BCUT2D eigenvalue weighted by atomic mass is 15.1. The lowest BCUT2D eigenvalue weighted by Crippen LogP contribution is -2.50. The Kier molecular flexibility index (Phi) is 9.86. The van der Waals surface area contributed by atoms with Crippen molar-refractivity contribution in [3.63, 3.8) is 0 Å². The number of benzene rings is 4. The second kappa shape index (κ2) is 13.7. The number of nitrogens with one attached hydrogen (secondary N) is 2. The van der Waals surface area contributed by atoms with Crippen LogP contribution in [0.3, 0.4) is 0 Å². The van der Waals surface area contributed by atoms with Crippen LogP contribution in [0.25, 0.3) is 0 Å². The maximum absolute atomic E-state index is 4.31. The van der Waals surface area contributed by atoms with Crippen LogP contribution < -0.4 is 10.6 Å². The highest BCUT2D eigenvalue weighted by Crippen LogP contribution is 2.28. The molecular weight excluding hydrogens is 460 g/mol. The first-order chi connectivity index (χ1) is 18.5. The normalized spacial score (nSPS) is 12.8. The topological polar surface area (TPSA) is 24.1 Å². The summed E-state index contributed by atoms with van der Waals surface area (Å²) >= 11 is 0. The van der Waals surface area contributed by atoms with Crippen molar-refractivity contribution in [1.29, 1.82) is 0 Å². The third-order valence-electron chi connectivity index (χ3n) is 6.92. The fraction of sp³-hybridized carbons (Fsp3) is 0.222. The van der Waals surface area contributed by atoms with E-state index >= 15 is 0 Å². The summed E-state index contributed by atoms with van der Waals surface area (Å²) in [7, 11) is 0. The summed E-state index contributed by atoms with van der Waals surface area (Å²) in [6, 6.07) is 43.3. The third kappa shape index (κ3) is 7.64. The smallest absolute Gasteiger partial charge is 0.0579 e. The van der Waals surface area contributed by atoms with E-state index < -0.39 is 0 Å². The predicted molar refractivity (Wildman–Crippen MR) is 162 cm³/mol. The zero-order chi connectivity index (χ0) is 26.7. The van der Waals surface area contributed by atoms with Crippen LogP contribution in [-0.2, 0) is 0 Å². The Balaban J connectivity index is 1.73. The number of rotatable bonds is 13. The molecule has 0 amide bonds. The van der Waals surface area contributed by atoms with Crippen molar-refractivity contribution in [3.05, 3.63) is 168 Å². The summed E-state index contributed by atoms with van der Waals surface area (Å²) in [5, 5.41) is 8.13. The second-order valence-corrected chi connectivity index (χ2v) is 10.4. The van der Waals surface area contributed by atoms with E-state index in [4.69, 9.17) is 0 Å². The first kappa shape index (κ1) is 27.3. The average molecular weight is 501 g/mol. The molecule has 0 spiro atoms. The summed E-state index contributed by atoms with van der Waals surface area (Å²) < 4.78 is 0. The molecular formula is C36H40N2. The molecule has 0 radical (unpaired) electrons. The van der Waals surface area contributed by atoms with Gasteiger partial charge in [-0.25, -0.2) is 0 Å². The van der Waals surface area contributed by atoms with Gasteiger partial charge in [0.25, 0.3) is 0 Å². The summed E-state index contributed by atoms with van der Waals surface area (Å²) in [5.74, 6) is 0. The molecule has 4 rings (SSSR count). The minimum Gasteiger partial charge on any atom is -0.302 e. The van der Waals surface area contributed by atoms with Crippen LogP contribution in [0, 0.1) is 0 Å². The molecule has 4 aromatic carbocycles. The molecule has 0 aliphatic rings. The standard InChI is InChI=1S/C36H40N2/c1-27(2)25-33(37-35(29-17-9-5-10-18-29)30-19-11-6-12-20-30)34(26-28(3)4)38-36(31-21-13-7-14-22-31)32-23-15-8-16-24-32/h5-24,33-38H,1,3,25-26H2,2,4H3/t33-,34-/m0/s1. The van der Waals surface area contributed by atoms with Crippen LogP contribution >= 0.6 is 0 Å². The van der Waals surface area contributed by atoms with E-state index in [1.807, 2.05) is 0 Å². The van der Waals surface area contributed by atoms with Crippen LogP contribution in [-0.4, -0.2) is 12.1 Å². The van der Waals surface area contributed by atoms with Gasteiger partial charge in [0.1, 0.15) is 0 Å². The summed E-state index contributed by atoms with van der Waals surface area (Å²) in [5.41, 5.74) is 7.33. The van der Waals surface area contributed by atoms with E-state index in [9.17, 15) is 0 Å². The van der Waals surface area contributed by atoms with E-state index in [-0.39, 0.29) is 24.2 Å². The molecule has 194 valence electrons. The Morgan fingerprint density at radius 2 is 0.711 bits per heavy atom. The van der Waals surface area contributed by atoms with Gasteiger partial charge < -0.3 is 10.6 Å². The number of hydrogen-bond donors (Lipinski definition) is 2. The summed E-state index contributed by atoms with van der Waals surface area (Å²) in [6.45, 7) is 12.9. The van der Waals surface area contributed by atoms with E-state index in [1.165, 1.54) is 22.3 Å². The lowest BCUT2D eigenvalue weighted by Gasteiger charge is -2.36. The Bertz CT molecular complexity index is 1080. The molecule has 0 bridgehead atoms. The molecule has 0 saturated heterocycles. The molecule has 38 heavy (non-hydrogen) atoms. The van der Waals surface area contributed by atoms with E-state index in [2.05, 4.69) is 159 Å². The fourth-order valence-electron chi connectivity index (χ4n) is 5.17. The lowest BCUT2D eigenvalue weighted by atomic mass is 9.89. The fourth-order valence-corrected chi connectivity index (χ4v) is 5.17. The zero-order valence-electron chi connectivity index (χ0n) is 22.7. The van der Waals surface area contributed by atoms with Gasteiger partial charge in [0.05, 0.1) is 12.1 Å². The molecule has 2 nitrogen and oxygen atoms in total. The van der Waals surface area contributed by atoms with Crippen LogP contribution in [0.5, 0.6) is 0 Å². The van der Waals surface area contributed by atoms with Gasteiger partial charge in [0.2, 0.25) is 0 Å². The van der Waals surface area contributed by atoms with Crippen molar-refractivity contribution in [2.75, 3.05) is 0 Å². The van der Waals surface area contributed by atoms with Gasteiger partial charge in [0.15, 0.2) is 0 Å². The molecule has 0 fully saturated rings. The molecule has 0 heterocycles. The highest BCUT2D eigenvalue weighted by molar-refractivity contribution is 5.34. The lowest BCUT2D eigenvalue weighted by molar-refractivity contribution is 0.329. The predicted octanol–water partition coefficient (Wildman–Crippen LogP) is 8.41. The second-order valence-electron chi connectivity index (χ2n) is 10.4. The molecule has 0 aliphatic heterocycles. The maximum Gasteiger partial charge on any atom is 0.0579 e. The Morgan fingerprint density at radius 3 is 0.921 bits per heavy atom. The van der Waals surface area contributed by atoms with Gasteiger partial charge >= 0.3 is 0 Å². The Morgan fingerprint density at radius 1 is 0.474 bits per heavy atom. The third-order valence-corrected chi connectivity index (χ3v) is 6.92. The van der Waals surface area contributed by atoms with E-state index in [1.54, 1.807) is 0 Å². The SMILES string of the molecule is C=C(C)C[C@H](NC(c1ccccc1)c1ccccc1)[C@H](CC(=C)C)NC(c1ccccc1)c1ccccc1. The molecule has 4 aromatic rings. The molecule has 0 aliphatic carbocycles. The van der Waals surface area contributed by atoms with Gasteiger partial charge in [-0.15, -0.1) is 13.2 Å². The largest absolute Gasteiger partial charge is 0.302 e. The molecule has 2 heteroatoms. The monoisotopic (exact) mass is 500 g/mol. The van der Waals surface area contributed by atoms with Gasteiger partial charge in [-0.2, -0.15) is 0 Å².